The summed E-state index contributed by atoms with van der Waals surface area (Å²) in [6.07, 6.45) is 1.57. The van der Waals surface area contributed by atoms with Crippen molar-refractivity contribution in [1.82, 2.24) is 9.97 Å². The van der Waals surface area contributed by atoms with Crippen LogP contribution < -0.4 is 10.6 Å². The molecule has 0 saturated heterocycles. The van der Waals surface area contributed by atoms with Gasteiger partial charge >= 0.3 is 0 Å². The number of amidine groups is 1. The SMILES string of the molecule is Cc1nc(N(C)C)ncc1C(=N)N. The number of aromatic nitrogens is 2. The van der Waals surface area contributed by atoms with Gasteiger partial charge in [0, 0.05) is 20.3 Å². The second kappa shape index (κ2) is 3.38. The Morgan fingerprint density at radius 3 is 2.54 bits per heavy atom. The minimum atomic E-state index is 0.00260. The van der Waals surface area contributed by atoms with Gasteiger partial charge in [-0.3, -0.25) is 5.41 Å². The number of rotatable bonds is 2. The summed E-state index contributed by atoms with van der Waals surface area (Å²) < 4.78 is 0. The van der Waals surface area contributed by atoms with E-state index in [0.29, 0.717) is 11.5 Å². The van der Waals surface area contributed by atoms with Crippen molar-refractivity contribution >= 4 is 11.8 Å². The molecule has 3 N–H and O–H groups in total. The summed E-state index contributed by atoms with van der Waals surface area (Å²) in [6, 6.07) is 0. The van der Waals surface area contributed by atoms with Crippen molar-refractivity contribution in [2.75, 3.05) is 19.0 Å². The molecule has 0 fully saturated rings. The van der Waals surface area contributed by atoms with Gasteiger partial charge in [0.05, 0.1) is 11.3 Å². The van der Waals surface area contributed by atoms with Gasteiger partial charge in [-0.1, -0.05) is 0 Å². The second-order valence-corrected chi connectivity index (χ2v) is 2.98. The van der Waals surface area contributed by atoms with Gasteiger partial charge in [0.1, 0.15) is 5.84 Å². The first-order valence-electron chi connectivity index (χ1n) is 3.87. The molecule has 1 aromatic rings. The fourth-order valence-corrected chi connectivity index (χ4v) is 0.935. The molecule has 70 valence electrons. The van der Waals surface area contributed by atoms with Gasteiger partial charge in [0.15, 0.2) is 0 Å². The zero-order valence-electron chi connectivity index (χ0n) is 8.00. The van der Waals surface area contributed by atoms with E-state index in [-0.39, 0.29) is 5.84 Å². The molecule has 0 atom stereocenters. The minimum Gasteiger partial charge on any atom is -0.384 e. The Bertz CT molecular complexity index is 331. The van der Waals surface area contributed by atoms with Crippen LogP contribution in [-0.2, 0) is 0 Å². The monoisotopic (exact) mass is 179 g/mol. The summed E-state index contributed by atoms with van der Waals surface area (Å²) in [4.78, 5) is 10.0. The summed E-state index contributed by atoms with van der Waals surface area (Å²) in [7, 11) is 3.73. The maximum atomic E-state index is 7.24. The largest absolute Gasteiger partial charge is 0.384 e. The van der Waals surface area contributed by atoms with Crippen molar-refractivity contribution in [3.63, 3.8) is 0 Å². The highest BCUT2D eigenvalue weighted by Crippen LogP contribution is 2.07. The van der Waals surface area contributed by atoms with Crippen LogP contribution >= 0.6 is 0 Å². The van der Waals surface area contributed by atoms with Crippen LogP contribution in [0.4, 0.5) is 5.95 Å². The number of nitrogens with one attached hydrogen (secondary N) is 1. The molecular weight excluding hydrogens is 166 g/mol. The Labute approximate surface area is 77.1 Å². The number of hydrogen-bond donors (Lipinski definition) is 2. The smallest absolute Gasteiger partial charge is 0.225 e. The standard InChI is InChI=1S/C8H13N5/c1-5-6(7(9)10)4-11-8(12-5)13(2)3/h4H,1-3H3,(H3,9,10). The molecule has 0 amide bonds. The highest BCUT2D eigenvalue weighted by Gasteiger charge is 2.06. The quantitative estimate of drug-likeness (QED) is 0.500. The van der Waals surface area contributed by atoms with Crippen LogP contribution in [0.5, 0.6) is 0 Å². The van der Waals surface area contributed by atoms with Crippen molar-refractivity contribution in [1.29, 1.82) is 5.41 Å². The maximum Gasteiger partial charge on any atom is 0.225 e. The Balaban J connectivity index is 3.13. The van der Waals surface area contributed by atoms with Crippen molar-refractivity contribution < 1.29 is 0 Å². The third-order valence-corrected chi connectivity index (χ3v) is 1.66. The first-order valence-corrected chi connectivity index (χ1v) is 3.87. The molecule has 0 radical (unpaired) electrons. The van der Waals surface area contributed by atoms with Gasteiger partial charge in [-0.2, -0.15) is 0 Å². The number of nitrogens with zero attached hydrogens (tertiary/aromatic N) is 3. The highest BCUT2D eigenvalue weighted by atomic mass is 15.2. The van der Waals surface area contributed by atoms with Crippen LogP contribution in [0.2, 0.25) is 0 Å². The molecule has 5 heteroatoms. The van der Waals surface area contributed by atoms with Crippen molar-refractivity contribution in [3.8, 4) is 0 Å². The van der Waals surface area contributed by atoms with Crippen LogP contribution in [0.15, 0.2) is 6.20 Å². The number of nitrogen functional groups attached to an aromatic ring is 1. The molecule has 1 aromatic heterocycles. The van der Waals surface area contributed by atoms with E-state index in [1.165, 1.54) is 0 Å². The minimum absolute atomic E-state index is 0.00260. The van der Waals surface area contributed by atoms with E-state index in [2.05, 4.69) is 9.97 Å². The van der Waals surface area contributed by atoms with E-state index in [0.717, 1.165) is 5.69 Å². The maximum absolute atomic E-state index is 7.24. The Morgan fingerprint density at radius 1 is 1.54 bits per heavy atom. The predicted octanol–water partition coefficient (Wildman–Crippen LogP) is 0.135. The molecule has 0 bridgehead atoms. The fourth-order valence-electron chi connectivity index (χ4n) is 0.935. The van der Waals surface area contributed by atoms with Crippen LogP contribution in [0.1, 0.15) is 11.3 Å². The van der Waals surface area contributed by atoms with E-state index in [1.54, 1.807) is 11.1 Å². The van der Waals surface area contributed by atoms with E-state index in [9.17, 15) is 0 Å². The second-order valence-electron chi connectivity index (χ2n) is 2.98. The molecule has 0 saturated carbocycles. The van der Waals surface area contributed by atoms with Gasteiger partial charge < -0.3 is 10.6 Å². The normalized spacial score (nSPS) is 9.77. The lowest BCUT2D eigenvalue weighted by atomic mass is 10.2. The summed E-state index contributed by atoms with van der Waals surface area (Å²) in [5.74, 6) is 0.630. The van der Waals surface area contributed by atoms with E-state index in [1.807, 2.05) is 21.0 Å². The Morgan fingerprint density at radius 2 is 2.15 bits per heavy atom. The van der Waals surface area contributed by atoms with E-state index < -0.39 is 0 Å². The third-order valence-electron chi connectivity index (χ3n) is 1.66. The predicted molar refractivity (Wildman–Crippen MR) is 52.1 cm³/mol. The fraction of sp³-hybridized carbons (Fsp3) is 0.375. The van der Waals surface area contributed by atoms with E-state index >= 15 is 0 Å². The van der Waals surface area contributed by atoms with Crippen LogP contribution in [0, 0.1) is 12.3 Å². The lowest BCUT2D eigenvalue weighted by Gasteiger charge is -2.11. The Hall–Kier alpha value is -1.65. The van der Waals surface area contributed by atoms with Crippen LogP contribution in [0.3, 0.4) is 0 Å². The molecular formula is C8H13N5. The molecule has 13 heavy (non-hydrogen) atoms. The average molecular weight is 179 g/mol. The van der Waals surface area contributed by atoms with Crippen molar-refractivity contribution in [3.05, 3.63) is 17.5 Å². The number of aryl methyl sites for hydroxylation is 1. The highest BCUT2D eigenvalue weighted by molar-refractivity contribution is 5.95. The molecule has 0 aliphatic rings. The van der Waals surface area contributed by atoms with Gasteiger partial charge in [0.25, 0.3) is 0 Å². The van der Waals surface area contributed by atoms with E-state index in [4.69, 9.17) is 11.1 Å². The number of nitrogens with two attached hydrogens (primary N) is 1. The number of hydrogen-bond acceptors (Lipinski definition) is 4. The van der Waals surface area contributed by atoms with Gasteiger partial charge in [-0.15, -0.1) is 0 Å². The zero-order chi connectivity index (χ0) is 10.0. The molecule has 0 aliphatic carbocycles. The molecule has 1 rings (SSSR count). The average Bonchev–Trinajstić information content (AvgIpc) is 2.03. The van der Waals surface area contributed by atoms with Crippen LogP contribution in [-0.4, -0.2) is 29.9 Å². The van der Waals surface area contributed by atoms with Crippen molar-refractivity contribution in [2.24, 2.45) is 5.73 Å². The summed E-state index contributed by atoms with van der Waals surface area (Å²) in [6.45, 7) is 1.81. The zero-order valence-corrected chi connectivity index (χ0v) is 8.00. The topological polar surface area (TPSA) is 78.9 Å². The molecule has 0 spiro atoms. The first kappa shape index (κ1) is 9.44. The van der Waals surface area contributed by atoms with Crippen molar-refractivity contribution in [2.45, 2.75) is 6.92 Å². The lowest BCUT2D eigenvalue weighted by Crippen LogP contribution is -2.18. The summed E-state index contributed by atoms with van der Waals surface area (Å²) in [5.41, 5.74) is 6.65. The summed E-state index contributed by atoms with van der Waals surface area (Å²) >= 11 is 0. The lowest BCUT2D eigenvalue weighted by molar-refractivity contribution is 0.972. The van der Waals surface area contributed by atoms with Gasteiger partial charge in [-0.25, -0.2) is 9.97 Å². The Kier molecular flexibility index (Phi) is 2.46. The first-order chi connectivity index (χ1) is 6.02. The van der Waals surface area contributed by atoms with Gasteiger partial charge in [0.2, 0.25) is 5.95 Å². The molecule has 1 heterocycles. The third kappa shape index (κ3) is 1.93. The molecule has 0 aromatic carbocycles. The molecule has 0 unspecified atom stereocenters. The van der Waals surface area contributed by atoms with Crippen LogP contribution in [0.25, 0.3) is 0 Å². The molecule has 0 aliphatic heterocycles. The number of anilines is 1. The summed E-state index contributed by atoms with van der Waals surface area (Å²) in [5, 5.41) is 7.24. The van der Waals surface area contributed by atoms with Gasteiger partial charge in [-0.05, 0) is 6.92 Å². The molecule has 5 nitrogen and oxygen atoms in total.